The van der Waals surface area contributed by atoms with Crippen LogP contribution in [-0.4, -0.2) is 32.5 Å². The van der Waals surface area contributed by atoms with E-state index in [4.69, 9.17) is 0 Å². The molecular weight excluding hydrogens is 210 g/mol. The van der Waals surface area contributed by atoms with Gasteiger partial charge in [-0.1, -0.05) is 13.3 Å². The molecule has 0 aliphatic rings. The van der Waals surface area contributed by atoms with Gasteiger partial charge in [-0.15, -0.1) is 0 Å². The van der Waals surface area contributed by atoms with Crippen LogP contribution in [0.4, 0.5) is 0 Å². The van der Waals surface area contributed by atoms with Gasteiger partial charge in [0.2, 0.25) is 0 Å². The maximum atomic E-state index is 11.5. The topological polar surface area (TPSA) is 46.2 Å². The van der Waals surface area contributed by atoms with E-state index >= 15 is 0 Å². The van der Waals surface area contributed by atoms with E-state index in [9.17, 15) is 8.42 Å². The molecule has 1 N–H and O–H groups in total. The van der Waals surface area contributed by atoms with E-state index in [0.717, 1.165) is 25.7 Å². The third-order valence-electron chi connectivity index (χ3n) is 2.75. The van der Waals surface area contributed by atoms with E-state index in [1.165, 1.54) is 0 Å². The summed E-state index contributed by atoms with van der Waals surface area (Å²) in [5, 5.41) is 2.98. The van der Waals surface area contributed by atoms with Crippen molar-refractivity contribution in [3.63, 3.8) is 0 Å². The van der Waals surface area contributed by atoms with Crippen molar-refractivity contribution in [3.05, 3.63) is 0 Å². The van der Waals surface area contributed by atoms with Gasteiger partial charge < -0.3 is 5.32 Å². The Labute approximate surface area is 94.6 Å². The summed E-state index contributed by atoms with van der Waals surface area (Å²) in [5.74, 6) is 0.326. The van der Waals surface area contributed by atoms with Gasteiger partial charge in [-0.25, -0.2) is 8.42 Å². The predicted octanol–water partition coefficient (Wildman–Crippen LogP) is 1.98. The zero-order chi connectivity index (χ0) is 11.9. The van der Waals surface area contributed by atoms with Crippen LogP contribution < -0.4 is 5.32 Å². The summed E-state index contributed by atoms with van der Waals surface area (Å²) in [6.45, 7) is 5.64. The van der Waals surface area contributed by atoms with Crippen LogP contribution in [0.2, 0.25) is 0 Å². The van der Waals surface area contributed by atoms with Gasteiger partial charge in [0.25, 0.3) is 0 Å². The molecule has 0 aromatic carbocycles. The first kappa shape index (κ1) is 14.9. The van der Waals surface area contributed by atoms with E-state index in [2.05, 4.69) is 12.2 Å². The number of nitrogens with one attached hydrogen (secondary N) is 1. The minimum absolute atomic E-state index is 0.239. The monoisotopic (exact) mass is 235 g/mol. The van der Waals surface area contributed by atoms with Gasteiger partial charge >= 0.3 is 0 Å². The zero-order valence-corrected chi connectivity index (χ0v) is 11.2. The first-order chi connectivity index (χ1) is 6.94. The van der Waals surface area contributed by atoms with Crippen molar-refractivity contribution in [2.75, 3.05) is 12.8 Å². The minimum atomic E-state index is -2.84. The van der Waals surface area contributed by atoms with Crippen molar-refractivity contribution in [1.82, 2.24) is 5.32 Å². The van der Waals surface area contributed by atoms with Crippen LogP contribution in [0.25, 0.3) is 0 Å². The molecule has 0 spiro atoms. The van der Waals surface area contributed by atoms with Crippen LogP contribution in [0.15, 0.2) is 0 Å². The summed E-state index contributed by atoms with van der Waals surface area (Å²) in [4.78, 5) is 0. The summed E-state index contributed by atoms with van der Waals surface area (Å²) in [5.41, 5.74) is 0. The van der Waals surface area contributed by atoms with E-state index in [1.807, 2.05) is 7.05 Å². The highest BCUT2D eigenvalue weighted by atomic mass is 32.2. The molecular formula is C11H25NO2S. The Bertz CT molecular complexity index is 247. The Morgan fingerprint density at radius 2 is 1.80 bits per heavy atom. The summed E-state index contributed by atoms with van der Waals surface area (Å²) >= 11 is 0. The van der Waals surface area contributed by atoms with E-state index in [-0.39, 0.29) is 5.25 Å². The Morgan fingerprint density at radius 1 is 1.20 bits per heavy atom. The molecule has 0 saturated heterocycles. The molecule has 3 nitrogen and oxygen atoms in total. The number of sulfone groups is 1. The zero-order valence-electron chi connectivity index (χ0n) is 10.4. The van der Waals surface area contributed by atoms with Gasteiger partial charge in [0.1, 0.15) is 0 Å². The van der Waals surface area contributed by atoms with Crippen LogP contribution in [0.1, 0.15) is 46.5 Å². The fourth-order valence-electron chi connectivity index (χ4n) is 1.55. The third kappa shape index (κ3) is 6.15. The van der Waals surface area contributed by atoms with Crippen LogP contribution in [-0.2, 0) is 9.84 Å². The Morgan fingerprint density at radius 3 is 2.20 bits per heavy atom. The fourth-order valence-corrected chi connectivity index (χ4v) is 2.59. The van der Waals surface area contributed by atoms with Crippen LogP contribution in [0.5, 0.6) is 0 Å². The Kier molecular flexibility index (Phi) is 7.18. The summed E-state index contributed by atoms with van der Waals surface area (Å²) in [7, 11) is -0.903. The molecule has 0 rings (SSSR count). The van der Waals surface area contributed by atoms with Crippen LogP contribution in [0, 0.1) is 0 Å². The lowest BCUT2D eigenvalue weighted by Crippen LogP contribution is -2.26. The quantitative estimate of drug-likeness (QED) is 0.700. The molecule has 15 heavy (non-hydrogen) atoms. The number of rotatable bonds is 8. The maximum absolute atomic E-state index is 11.5. The van der Waals surface area contributed by atoms with Gasteiger partial charge in [-0.05, 0) is 40.2 Å². The molecule has 0 amide bonds. The molecule has 1 atom stereocenters. The van der Waals surface area contributed by atoms with Gasteiger partial charge in [0, 0.05) is 6.04 Å². The molecule has 0 aliphatic heterocycles. The molecule has 0 radical (unpaired) electrons. The average Bonchev–Trinajstić information content (AvgIpc) is 2.16. The van der Waals surface area contributed by atoms with Crippen molar-refractivity contribution < 1.29 is 8.42 Å². The molecule has 0 aromatic rings. The van der Waals surface area contributed by atoms with Gasteiger partial charge in [0.05, 0.1) is 11.0 Å². The highest BCUT2D eigenvalue weighted by Gasteiger charge is 2.16. The van der Waals surface area contributed by atoms with Crippen molar-refractivity contribution in [3.8, 4) is 0 Å². The van der Waals surface area contributed by atoms with Crippen LogP contribution >= 0.6 is 0 Å². The average molecular weight is 235 g/mol. The van der Waals surface area contributed by atoms with Gasteiger partial charge in [-0.2, -0.15) is 0 Å². The van der Waals surface area contributed by atoms with Crippen LogP contribution in [0.3, 0.4) is 0 Å². The van der Waals surface area contributed by atoms with E-state index < -0.39 is 9.84 Å². The maximum Gasteiger partial charge on any atom is 0.152 e. The lowest BCUT2D eigenvalue weighted by atomic mass is 10.1. The summed E-state index contributed by atoms with van der Waals surface area (Å²) < 4.78 is 23.1. The molecule has 92 valence electrons. The normalized spacial score (nSPS) is 14.5. The molecule has 0 heterocycles. The fraction of sp³-hybridized carbons (Fsp3) is 1.00. The highest BCUT2D eigenvalue weighted by Crippen LogP contribution is 2.08. The summed E-state index contributed by atoms with van der Waals surface area (Å²) in [6, 6.07) is 0.470. The molecule has 0 fully saturated rings. The highest BCUT2D eigenvalue weighted by molar-refractivity contribution is 7.91. The first-order valence-corrected chi connectivity index (χ1v) is 7.54. The lowest BCUT2D eigenvalue weighted by molar-refractivity contribution is 0.477. The van der Waals surface area contributed by atoms with Crippen molar-refractivity contribution in [2.24, 2.45) is 0 Å². The second-order valence-corrected chi connectivity index (χ2v) is 7.01. The number of hydrogen-bond acceptors (Lipinski definition) is 3. The van der Waals surface area contributed by atoms with Gasteiger partial charge in [-0.3, -0.25) is 0 Å². The smallest absolute Gasteiger partial charge is 0.152 e. The molecule has 1 unspecified atom stereocenters. The second kappa shape index (κ2) is 7.23. The van der Waals surface area contributed by atoms with Crippen molar-refractivity contribution in [1.29, 1.82) is 0 Å². The largest absolute Gasteiger partial charge is 0.317 e. The van der Waals surface area contributed by atoms with Crippen molar-refractivity contribution in [2.45, 2.75) is 57.7 Å². The SMILES string of the molecule is CCCC(CCCS(=O)(=O)C(C)C)NC. The molecule has 4 heteroatoms. The number of hydrogen-bond donors (Lipinski definition) is 1. The lowest BCUT2D eigenvalue weighted by Gasteiger charge is -2.15. The summed E-state index contributed by atoms with van der Waals surface area (Å²) in [6.07, 6.45) is 3.99. The second-order valence-electron chi connectivity index (χ2n) is 4.33. The first-order valence-electron chi connectivity index (χ1n) is 5.82. The minimum Gasteiger partial charge on any atom is -0.317 e. The van der Waals surface area contributed by atoms with Gasteiger partial charge in [0.15, 0.2) is 9.84 Å². The molecule has 0 aromatic heterocycles. The molecule has 0 aliphatic carbocycles. The standard InChI is InChI=1S/C11H25NO2S/c1-5-7-11(12-4)8-6-9-15(13,14)10(2)3/h10-12H,5-9H2,1-4H3. The molecule has 0 saturated carbocycles. The van der Waals surface area contributed by atoms with E-state index in [1.54, 1.807) is 13.8 Å². The molecule has 0 bridgehead atoms. The third-order valence-corrected chi connectivity index (χ3v) is 5.04. The van der Waals surface area contributed by atoms with Crippen molar-refractivity contribution >= 4 is 9.84 Å². The van der Waals surface area contributed by atoms with E-state index in [0.29, 0.717) is 11.8 Å². The Hall–Kier alpha value is -0.0900. The Balaban J connectivity index is 3.87. The predicted molar refractivity (Wildman–Crippen MR) is 65.9 cm³/mol.